The summed E-state index contributed by atoms with van der Waals surface area (Å²) in [6.07, 6.45) is 5.63. The maximum Gasteiger partial charge on any atom is 0.333 e. The van der Waals surface area contributed by atoms with Crippen LogP contribution in [0.15, 0.2) is 78.5 Å². The van der Waals surface area contributed by atoms with Crippen LogP contribution in [0.4, 0.5) is 26.1 Å². The van der Waals surface area contributed by atoms with Crippen LogP contribution in [0.5, 0.6) is 0 Å². The predicted octanol–water partition coefficient (Wildman–Crippen LogP) is 3.92. The summed E-state index contributed by atoms with van der Waals surface area (Å²) in [7, 11) is 2.13. The molecule has 0 amide bonds. The van der Waals surface area contributed by atoms with Gasteiger partial charge in [0.15, 0.2) is 11.5 Å². The maximum absolute atomic E-state index is 13.3. The molecule has 6 rings (SSSR count). The van der Waals surface area contributed by atoms with Crippen molar-refractivity contribution in [2.24, 2.45) is 0 Å². The molecule has 1 N–H and O–H groups in total. The molecule has 0 radical (unpaired) electrons. The predicted molar refractivity (Wildman–Crippen MR) is 153 cm³/mol. The summed E-state index contributed by atoms with van der Waals surface area (Å²) in [5, 5.41) is 7.23. The van der Waals surface area contributed by atoms with Gasteiger partial charge in [-0.25, -0.2) is 24.0 Å². The molecule has 0 unspecified atom stereocenters. The molecule has 4 aromatic heterocycles. The van der Waals surface area contributed by atoms with Crippen LogP contribution in [0.1, 0.15) is 6.55 Å². The third-order valence-electron chi connectivity index (χ3n) is 7.02. The molecule has 0 saturated carbocycles. The second-order valence-electron chi connectivity index (χ2n) is 9.75. The minimum absolute atomic E-state index is 0.195. The molecule has 1 aliphatic heterocycles. The molecule has 13 heteroatoms. The van der Waals surface area contributed by atoms with Crippen LogP contribution in [0, 0.1) is 0 Å². The first-order valence-electron chi connectivity index (χ1n) is 13.1. The average Bonchev–Trinajstić information content (AvgIpc) is 3.58. The molecule has 0 atom stereocenters. The average molecular weight is 559 g/mol. The first-order valence-corrected chi connectivity index (χ1v) is 13.1. The van der Waals surface area contributed by atoms with Crippen LogP contribution in [-0.2, 0) is 6.54 Å². The molecule has 41 heavy (non-hydrogen) atoms. The lowest BCUT2D eigenvalue weighted by Gasteiger charge is -2.34. The standard InChI is InChI=1S/C28H28F2N10O/c1-3-11-39-26(41)22-17-31-28(33-20-7-9-21(10-8-20)37-14-12-36(2)13-15-37)35-25(22)40(39)24-6-4-5-23(34-24)19-16-32-38(18-19)27(29)30/h3-10,16-18,27H,1,11-15H2,2H3,(H,31,33,35). The van der Waals surface area contributed by atoms with E-state index in [1.807, 2.05) is 12.1 Å². The number of pyridine rings is 1. The lowest BCUT2D eigenvalue weighted by Crippen LogP contribution is -2.44. The highest BCUT2D eigenvalue weighted by Crippen LogP contribution is 2.24. The highest BCUT2D eigenvalue weighted by Gasteiger charge is 2.19. The number of fused-ring (bicyclic) bond motifs is 1. The van der Waals surface area contributed by atoms with E-state index in [1.165, 1.54) is 23.3 Å². The molecule has 11 nitrogen and oxygen atoms in total. The number of hydrogen-bond donors (Lipinski definition) is 1. The van der Waals surface area contributed by atoms with Gasteiger partial charge in [-0.3, -0.25) is 4.79 Å². The van der Waals surface area contributed by atoms with E-state index in [0.717, 1.165) is 37.6 Å². The largest absolute Gasteiger partial charge is 0.369 e. The molecule has 1 saturated heterocycles. The second-order valence-corrected chi connectivity index (χ2v) is 9.75. The minimum Gasteiger partial charge on any atom is -0.369 e. The summed E-state index contributed by atoms with van der Waals surface area (Å²) in [6.45, 7) is 5.22. The molecule has 0 spiro atoms. The smallest absolute Gasteiger partial charge is 0.333 e. The van der Waals surface area contributed by atoms with Gasteiger partial charge in [0, 0.05) is 55.5 Å². The number of hydrogen-bond acceptors (Lipinski definition) is 8. The topological polar surface area (TPSA) is 102 Å². The zero-order valence-corrected chi connectivity index (χ0v) is 22.4. The van der Waals surface area contributed by atoms with Gasteiger partial charge in [-0.15, -0.1) is 6.58 Å². The van der Waals surface area contributed by atoms with Gasteiger partial charge in [-0.05, 0) is 43.4 Å². The van der Waals surface area contributed by atoms with E-state index >= 15 is 0 Å². The van der Waals surface area contributed by atoms with E-state index in [1.54, 1.807) is 29.0 Å². The van der Waals surface area contributed by atoms with E-state index in [9.17, 15) is 13.6 Å². The van der Waals surface area contributed by atoms with Gasteiger partial charge in [0.2, 0.25) is 5.95 Å². The van der Waals surface area contributed by atoms with Crippen LogP contribution >= 0.6 is 0 Å². The van der Waals surface area contributed by atoms with Crippen molar-refractivity contribution in [3.8, 4) is 17.1 Å². The van der Waals surface area contributed by atoms with Crippen molar-refractivity contribution in [1.82, 2.24) is 39.0 Å². The quantitative estimate of drug-likeness (QED) is 0.286. The van der Waals surface area contributed by atoms with Crippen LogP contribution in [0.25, 0.3) is 28.1 Å². The van der Waals surface area contributed by atoms with Crippen LogP contribution in [0.3, 0.4) is 0 Å². The van der Waals surface area contributed by atoms with Gasteiger partial charge in [0.1, 0.15) is 5.39 Å². The molecular weight excluding hydrogens is 530 g/mol. The number of rotatable bonds is 8. The van der Waals surface area contributed by atoms with E-state index < -0.39 is 6.55 Å². The normalized spacial score (nSPS) is 14.2. The number of nitrogens with one attached hydrogen (secondary N) is 1. The Morgan fingerprint density at radius 3 is 2.54 bits per heavy atom. The highest BCUT2D eigenvalue weighted by molar-refractivity contribution is 5.77. The summed E-state index contributed by atoms with van der Waals surface area (Å²) in [6, 6.07) is 13.2. The Labute approximate surface area is 234 Å². The fraction of sp³-hybridized carbons (Fsp3) is 0.250. The van der Waals surface area contributed by atoms with Crippen LogP contribution in [-0.4, -0.2) is 72.2 Å². The Hall–Kier alpha value is -4.91. The molecular formula is C28H28F2N10O. The number of anilines is 3. The van der Waals surface area contributed by atoms with E-state index in [-0.39, 0.29) is 12.1 Å². The molecule has 0 aliphatic carbocycles. The van der Waals surface area contributed by atoms with Gasteiger partial charge in [-0.1, -0.05) is 12.1 Å². The van der Waals surface area contributed by atoms with Gasteiger partial charge in [0.25, 0.3) is 5.56 Å². The van der Waals surface area contributed by atoms with Crippen molar-refractivity contribution in [2.45, 2.75) is 13.1 Å². The molecule has 210 valence electrons. The Morgan fingerprint density at radius 2 is 1.83 bits per heavy atom. The van der Waals surface area contributed by atoms with Gasteiger partial charge < -0.3 is 15.1 Å². The summed E-state index contributed by atoms with van der Waals surface area (Å²) < 4.78 is 29.7. The monoisotopic (exact) mass is 558 g/mol. The summed E-state index contributed by atoms with van der Waals surface area (Å²) in [5.74, 6) is 0.686. The van der Waals surface area contributed by atoms with Gasteiger partial charge in [0.05, 0.1) is 18.4 Å². The molecule has 1 aliphatic rings. The lowest BCUT2D eigenvalue weighted by atomic mass is 10.2. The number of benzene rings is 1. The van der Waals surface area contributed by atoms with E-state index in [2.05, 4.69) is 60.9 Å². The summed E-state index contributed by atoms with van der Waals surface area (Å²) >= 11 is 0. The van der Waals surface area contributed by atoms with Crippen molar-refractivity contribution in [1.29, 1.82) is 0 Å². The highest BCUT2D eigenvalue weighted by atomic mass is 19.3. The Bertz CT molecular complexity index is 1750. The van der Waals surface area contributed by atoms with E-state index in [4.69, 9.17) is 0 Å². The van der Waals surface area contributed by atoms with Crippen molar-refractivity contribution in [3.63, 3.8) is 0 Å². The second kappa shape index (κ2) is 10.9. The van der Waals surface area contributed by atoms with Crippen LogP contribution in [0.2, 0.25) is 0 Å². The number of nitrogens with zero attached hydrogens (tertiary/aromatic N) is 9. The third-order valence-corrected chi connectivity index (χ3v) is 7.02. The number of alkyl halides is 2. The number of likely N-dealkylation sites (N-methyl/N-ethyl adjacent to an activating group) is 1. The lowest BCUT2D eigenvalue weighted by molar-refractivity contribution is 0.0566. The van der Waals surface area contributed by atoms with Crippen molar-refractivity contribution >= 4 is 28.4 Å². The third kappa shape index (κ3) is 5.18. The molecule has 1 fully saturated rings. The number of allylic oxidation sites excluding steroid dienone is 1. The van der Waals surface area contributed by atoms with Gasteiger partial charge in [-0.2, -0.15) is 18.9 Å². The molecule has 0 bridgehead atoms. The Kier molecular flexibility index (Phi) is 7.01. The zero-order valence-electron chi connectivity index (χ0n) is 22.4. The minimum atomic E-state index is -2.76. The SMILES string of the molecule is C=CCn1c(=O)c2cnc(Nc3ccc(N4CCN(C)CC4)cc3)nc2n1-c1cccc(-c2cnn(C(F)F)c2)n1. The maximum atomic E-state index is 13.3. The fourth-order valence-electron chi connectivity index (χ4n) is 4.84. The number of aromatic nitrogens is 7. The van der Waals surface area contributed by atoms with E-state index in [0.29, 0.717) is 38.7 Å². The fourth-order valence-corrected chi connectivity index (χ4v) is 4.84. The Balaban J connectivity index is 1.34. The number of piperazine rings is 1. The van der Waals surface area contributed by atoms with Crippen molar-refractivity contribution < 1.29 is 8.78 Å². The Morgan fingerprint density at radius 1 is 1.05 bits per heavy atom. The van der Waals surface area contributed by atoms with Gasteiger partial charge >= 0.3 is 6.55 Å². The molecule has 1 aromatic carbocycles. The molecule has 5 heterocycles. The first kappa shape index (κ1) is 26.3. The molecule has 5 aromatic rings. The zero-order chi connectivity index (χ0) is 28.5. The first-order chi connectivity index (χ1) is 19.9. The van der Waals surface area contributed by atoms with Crippen molar-refractivity contribution in [2.75, 3.05) is 43.4 Å². The number of halogens is 2. The summed E-state index contributed by atoms with van der Waals surface area (Å²) in [4.78, 5) is 31.7. The van der Waals surface area contributed by atoms with Crippen LogP contribution < -0.4 is 15.8 Å². The van der Waals surface area contributed by atoms with Crippen molar-refractivity contribution in [3.05, 3.63) is 84.1 Å². The summed E-state index contributed by atoms with van der Waals surface area (Å²) in [5.41, 5.74) is 2.83.